The average Bonchev–Trinajstić information content (AvgIpc) is 2.07. The number of carbonyl (C=O) groups is 2. The van der Waals surface area contributed by atoms with Gasteiger partial charge in [0.25, 0.3) is 0 Å². The van der Waals surface area contributed by atoms with Gasteiger partial charge in [0.2, 0.25) is 11.8 Å². The third kappa shape index (κ3) is 3.53. The van der Waals surface area contributed by atoms with E-state index in [1.807, 2.05) is 34.6 Å². The smallest absolute Gasteiger partial charge is 0.229 e. The minimum absolute atomic E-state index is 0.0917. The number of hydrogen-bond donors (Lipinski definition) is 1. The SMILES string of the molecule is CC1(C)CC(=O)N(CC(N)C(C)(C)C)C(=O)C1. The summed E-state index contributed by atoms with van der Waals surface area (Å²) in [7, 11) is 0. The molecule has 98 valence electrons. The van der Waals surface area contributed by atoms with Gasteiger partial charge in [-0.25, -0.2) is 0 Å². The van der Waals surface area contributed by atoms with Crippen molar-refractivity contribution in [3.63, 3.8) is 0 Å². The lowest BCUT2D eigenvalue weighted by atomic mass is 9.80. The van der Waals surface area contributed by atoms with Crippen molar-refractivity contribution >= 4 is 11.8 Å². The molecule has 1 heterocycles. The van der Waals surface area contributed by atoms with Crippen molar-refractivity contribution in [2.75, 3.05) is 6.54 Å². The highest BCUT2D eigenvalue weighted by molar-refractivity contribution is 5.98. The summed E-state index contributed by atoms with van der Waals surface area (Å²) < 4.78 is 0. The third-order valence-electron chi connectivity index (χ3n) is 3.35. The highest BCUT2D eigenvalue weighted by Gasteiger charge is 2.38. The summed E-state index contributed by atoms with van der Waals surface area (Å²) >= 11 is 0. The van der Waals surface area contributed by atoms with E-state index in [1.165, 1.54) is 4.90 Å². The minimum atomic E-state index is -0.212. The molecule has 1 atom stereocenters. The second kappa shape index (κ2) is 4.41. The van der Waals surface area contributed by atoms with Crippen LogP contribution in [0.15, 0.2) is 0 Å². The summed E-state index contributed by atoms with van der Waals surface area (Å²) in [5.41, 5.74) is 5.71. The number of hydrogen-bond acceptors (Lipinski definition) is 3. The zero-order valence-corrected chi connectivity index (χ0v) is 11.5. The van der Waals surface area contributed by atoms with Gasteiger partial charge in [-0.05, 0) is 10.8 Å². The predicted molar refractivity (Wildman–Crippen MR) is 67.2 cm³/mol. The van der Waals surface area contributed by atoms with Crippen LogP contribution in [0.3, 0.4) is 0 Å². The fraction of sp³-hybridized carbons (Fsp3) is 0.846. The monoisotopic (exact) mass is 240 g/mol. The fourth-order valence-electron chi connectivity index (χ4n) is 1.89. The Balaban J connectivity index is 2.73. The van der Waals surface area contributed by atoms with E-state index in [-0.39, 0.29) is 28.7 Å². The first-order valence-corrected chi connectivity index (χ1v) is 6.12. The molecule has 1 unspecified atom stereocenters. The first kappa shape index (κ1) is 14.2. The molecule has 2 amide bonds. The molecule has 2 N–H and O–H groups in total. The quantitative estimate of drug-likeness (QED) is 0.745. The molecule has 1 fully saturated rings. The fourth-order valence-corrected chi connectivity index (χ4v) is 1.89. The first-order valence-electron chi connectivity index (χ1n) is 6.12. The highest BCUT2D eigenvalue weighted by atomic mass is 16.2. The van der Waals surface area contributed by atoms with Crippen molar-refractivity contribution in [2.45, 2.75) is 53.5 Å². The average molecular weight is 240 g/mol. The van der Waals surface area contributed by atoms with Crippen LogP contribution in [0, 0.1) is 10.8 Å². The summed E-state index contributed by atoms with van der Waals surface area (Å²) in [5, 5.41) is 0. The van der Waals surface area contributed by atoms with Gasteiger partial charge in [0.1, 0.15) is 0 Å². The highest BCUT2D eigenvalue weighted by Crippen LogP contribution is 2.32. The maximum atomic E-state index is 11.9. The molecular weight excluding hydrogens is 216 g/mol. The van der Waals surface area contributed by atoms with E-state index < -0.39 is 0 Å². The Kier molecular flexibility index (Phi) is 3.67. The minimum Gasteiger partial charge on any atom is -0.326 e. The van der Waals surface area contributed by atoms with Crippen LogP contribution >= 0.6 is 0 Å². The van der Waals surface area contributed by atoms with Crippen molar-refractivity contribution in [3.05, 3.63) is 0 Å². The number of carbonyl (C=O) groups excluding carboxylic acids is 2. The molecule has 0 aromatic heterocycles. The Hall–Kier alpha value is -0.900. The Morgan fingerprint density at radius 1 is 1.24 bits per heavy atom. The Labute approximate surface area is 104 Å². The van der Waals surface area contributed by atoms with E-state index in [4.69, 9.17) is 5.73 Å². The van der Waals surface area contributed by atoms with Gasteiger partial charge in [0, 0.05) is 25.4 Å². The van der Waals surface area contributed by atoms with Crippen molar-refractivity contribution in [1.29, 1.82) is 0 Å². The van der Waals surface area contributed by atoms with E-state index >= 15 is 0 Å². The molecule has 0 spiro atoms. The van der Waals surface area contributed by atoms with Gasteiger partial charge in [-0.15, -0.1) is 0 Å². The topological polar surface area (TPSA) is 63.4 Å². The molecule has 0 aliphatic carbocycles. The van der Waals surface area contributed by atoms with E-state index in [1.54, 1.807) is 0 Å². The molecule has 1 saturated heterocycles. The van der Waals surface area contributed by atoms with Gasteiger partial charge in [0.15, 0.2) is 0 Å². The number of amides is 2. The number of rotatable bonds is 2. The maximum Gasteiger partial charge on any atom is 0.229 e. The van der Waals surface area contributed by atoms with Gasteiger partial charge < -0.3 is 5.73 Å². The van der Waals surface area contributed by atoms with Crippen LogP contribution in [0.1, 0.15) is 47.5 Å². The molecular formula is C13H24N2O2. The molecule has 0 radical (unpaired) electrons. The van der Waals surface area contributed by atoms with Gasteiger partial charge in [0.05, 0.1) is 0 Å². The molecule has 1 rings (SSSR count). The molecule has 0 aromatic carbocycles. The van der Waals surface area contributed by atoms with Crippen LogP contribution in [0.5, 0.6) is 0 Å². The van der Waals surface area contributed by atoms with Crippen molar-refractivity contribution < 1.29 is 9.59 Å². The maximum absolute atomic E-state index is 11.9. The number of imide groups is 1. The van der Waals surface area contributed by atoms with Crippen molar-refractivity contribution in [1.82, 2.24) is 4.90 Å². The molecule has 4 heteroatoms. The third-order valence-corrected chi connectivity index (χ3v) is 3.35. The van der Waals surface area contributed by atoms with Gasteiger partial charge in [-0.3, -0.25) is 14.5 Å². The van der Waals surface area contributed by atoms with Crippen molar-refractivity contribution in [3.8, 4) is 0 Å². The lowest BCUT2D eigenvalue weighted by Crippen LogP contribution is -2.53. The van der Waals surface area contributed by atoms with Gasteiger partial charge >= 0.3 is 0 Å². The Bertz CT molecular complexity index is 309. The molecule has 0 aromatic rings. The predicted octanol–water partition coefficient (Wildman–Crippen LogP) is 1.53. The second-order valence-corrected chi connectivity index (χ2v) is 6.89. The standard InChI is InChI=1S/C13H24N2O2/c1-12(2,3)9(14)8-15-10(16)6-13(4,5)7-11(15)17/h9H,6-8,14H2,1-5H3. The number of nitrogens with two attached hydrogens (primary N) is 1. The second-order valence-electron chi connectivity index (χ2n) is 6.89. The van der Waals surface area contributed by atoms with Crippen LogP contribution in [0.2, 0.25) is 0 Å². The number of piperidine rings is 1. The summed E-state index contributed by atoms with van der Waals surface area (Å²) in [6, 6.07) is -0.184. The van der Waals surface area contributed by atoms with Crippen molar-refractivity contribution in [2.24, 2.45) is 16.6 Å². The first-order chi connectivity index (χ1) is 7.53. The van der Waals surface area contributed by atoms with Crippen LogP contribution in [-0.4, -0.2) is 29.3 Å². The van der Waals surface area contributed by atoms with Gasteiger partial charge in [-0.2, -0.15) is 0 Å². The molecule has 4 nitrogen and oxygen atoms in total. The molecule has 0 saturated carbocycles. The Morgan fingerprint density at radius 2 is 1.65 bits per heavy atom. The summed E-state index contributed by atoms with van der Waals surface area (Å²) in [6.45, 7) is 10.3. The number of likely N-dealkylation sites (tertiary alicyclic amines) is 1. The lowest BCUT2D eigenvalue weighted by molar-refractivity contribution is -0.153. The zero-order valence-electron chi connectivity index (χ0n) is 11.5. The van der Waals surface area contributed by atoms with E-state index in [0.717, 1.165) is 0 Å². The number of nitrogens with zero attached hydrogens (tertiary/aromatic N) is 1. The molecule has 17 heavy (non-hydrogen) atoms. The van der Waals surface area contributed by atoms with Crippen LogP contribution in [0.25, 0.3) is 0 Å². The molecule has 1 aliphatic heterocycles. The normalized spacial score (nSPS) is 22.8. The van der Waals surface area contributed by atoms with E-state index in [2.05, 4.69) is 0 Å². The van der Waals surface area contributed by atoms with E-state index in [9.17, 15) is 9.59 Å². The lowest BCUT2D eigenvalue weighted by Gasteiger charge is -2.38. The van der Waals surface area contributed by atoms with Crippen LogP contribution in [-0.2, 0) is 9.59 Å². The molecule has 1 aliphatic rings. The zero-order chi connectivity index (χ0) is 13.4. The van der Waals surface area contributed by atoms with Gasteiger partial charge in [-0.1, -0.05) is 34.6 Å². The van der Waals surface area contributed by atoms with Crippen LogP contribution < -0.4 is 5.73 Å². The summed E-state index contributed by atoms with van der Waals surface area (Å²) in [5.74, 6) is -0.183. The summed E-state index contributed by atoms with van der Waals surface area (Å²) in [4.78, 5) is 25.2. The largest absolute Gasteiger partial charge is 0.326 e. The Morgan fingerprint density at radius 3 is 2.00 bits per heavy atom. The van der Waals surface area contributed by atoms with E-state index in [0.29, 0.717) is 19.4 Å². The molecule has 0 bridgehead atoms. The summed E-state index contributed by atoms with van der Waals surface area (Å²) in [6.07, 6.45) is 0.852. The van der Waals surface area contributed by atoms with Crippen LogP contribution in [0.4, 0.5) is 0 Å².